The number of fused-ring (bicyclic) bond motifs is 1. The molecule has 27 heavy (non-hydrogen) atoms. The van der Waals surface area contributed by atoms with Gasteiger partial charge in [-0.1, -0.05) is 60.7 Å². The highest BCUT2D eigenvalue weighted by molar-refractivity contribution is 5.84. The van der Waals surface area contributed by atoms with Crippen molar-refractivity contribution in [2.75, 3.05) is 17.3 Å². The van der Waals surface area contributed by atoms with Crippen molar-refractivity contribution >= 4 is 22.9 Å². The lowest BCUT2D eigenvalue weighted by molar-refractivity contribution is 0.785. The molecule has 0 bridgehead atoms. The average molecular weight is 358 g/mol. The zero-order chi connectivity index (χ0) is 18.6. The van der Waals surface area contributed by atoms with Gasteiger partial charge in [0.15, 0.2) is 17.0 Å². The van der Waals surface area contributed by atoms with E-state index in [2.05, 4.69) is 68.7 Å². The Hall–Kier alpha value is -3.41. The summed E-state index contributed by atoms with van der Waals surface area (Å²) in [5, 5.41) is 3.07. The van der Waals surface area contributed by atoms with Crippen LogP contribution in [0.3, 0.4) is 0 Å². The highest BCUT2D eigenvalue weighted by Crippen LogP contribution is 2.26. The first kappa shape index (κ1) is 17.0. The number of benzene rings is 2. The summed E-state index contributed by atoms with van der Waals surface area (Å²) in [6, 6.07) is 20.8. The lowest BCUT2D eigenvalue weighted by atomic mass is 10.1. The minimum absolute atomic E-state index is 0.590. The number of nitrogens with one attached hydrogen (secondary N) is 1. The summed E-state index contributed by atoms with van der Waals surface area (Å²) in [5.41, 5.74) is 4.07. The topological polar surface area (TPSA) is 58.9 Å². The largest absolute Gasteiger partial charge is 0.357 e. The van der Waals surface area contributed by atoms with E-state index in [-0.39, 0.29) is 0 Å². The van der Waals surface area contributed by atoms with Gasteiger partial charge in [0.05, 0.1) is 6.33 Å². The van der Waals surface area contributed by atoms with Gasteiger partial charge in [-0.15, -0.1) is 0 Å². The predicted molar refractivity (Wildman–Crippen MR) is 109 cm³/mol. The van der Waals surface area contributed by atoms with Crippen LogP contribution in [0.5, 0.6) is 0 Å². The van der Waals surface area contributed by atoms with Gasteiger partial charge in [-0.05, 0) is 11.1 Å². The molecule has 2 aromatic heterocycles. The molecule has 2 aromatic carbocycles. The molecule has 0 spiro atoms. The standard InChI is InChI=1S/C21H22N6/c1-22-21-24-19-18(23-15-26(19)2)20(25-21)27(13-16-9-5-3-6-10-16)14-17-11-7-4-8-12-17/h3-12,15H,13-14H2,1-2H3,(H,22,24,25). The number of imidazole rings is 1. The highest BCUT2D eigenvalue weighted by Gasteiger charge is 2.18. The molecule has 0 atom stereocenters. The number of hydrogen-bond donors (Lipinski definition) is 1. The Balaban J connectivity index is 1.81. The van der Waals surface area contributed by atoms with E-state index in [4.69, 9.17) is 4.98 Å². The number of rotatable bonds is 6. The number of hydrogen-bond acceptors (Lipinski definition) is 5. The first-order valence-corrected chi connectivity index (χ1v) is 8.94. The molecule has 2 heterocycles. The minimum atomic E-state index is 0.590. The molecule has 0 saturated carbocycles. The summed E-state index contributed by atoms with van der Waals surface area (Å²) >= 11 is 0. The summed E-state index contributed by atoms with van der Waals surface area (Å²) in [6.45, 7) is 1.48. The lowest BCUT2D eigenvalue weighted by Gasteiger charge is -2.24. The number of aryl methyl sites for hydroxylation is 1. The fourth-order valence-electron chi connectivity index (χ4n) is 3.14. The predicted octanol–water partition coefficient (Wildman–Crippen LogP) is 3.61. The normalized spacial score (nSPS) is 10.9. The van der Waals surface area contributed by atoms with Crippen LogP contribution in [0.2, 0.25) is 0 Å². The van der Waals surface area contributed by atoms with E-state index in [9.17, 15) is 0 Å². The Labute approximate surface area is 158 Å². The molecule has 6 heteroatoms. The highest BCUT2D eigenvalue weighted by atomic mass is 15.3. The van der Waals surface area contributed by atoms with Gasteiger partial charge in [-0.3, -0.25) is 0 Å². The first-order valence-electron chi connectivity index (χ1n) is 8.94. The molecule has 0 aliphatic heterocycles. The second-order valence-corrected chi connectivity index (χ2v) is 6.48. The molecular weight excluding hydrogens is 336 g/mol. The van der Waals surface area contributed by atoms with Crippen molar-refractivity contribution in [3.05, 3.63) is 78.1 Å². The van der Waals surface area contributed by atoms with Gasteiger partial charge in [-0.2, -0.15) is 9.97 Å². The Morgan fingerprint density at radius 3 is 2.04 bits per heavy atom. The Kier molecular flexibility index (Phi) is 4.70. The number of aromatic nitrogens is 4. The molecule has 0 radical (unpaired) electrons. The maximum absolute atomic E-state index is 4.75. The fraction of sp³-hybridized carbons (Fsp3) is 0.190. The van der Waals surface area contributed by atoms with Gasteiger partial charge < -0.3 is 14.8 Å². The van der Waals surface area contributed by atoms with Gasteiger partial charge >= 0.3 is 0 Å². The molecule has 6 nitrogen and oxygen atoms in total. The smallest absolute Gasteiger partial charge is 0.226 e. The Morgan fingerprint density at radius 2 is 1.48 bits per heavy atom. The SMILES string of the molecule is CNc1nc(N(Cc2ccccc2)Cc2ccccc2)c2ncn(C)c2n1. The van der Waals surface area contributed by atoms with Crippen LogP contribution in [0.15, 0.2) is 67.0 Å². The molecule has 0 unspecified atom stereocenters. The van der Waals surface area contributed by atoms with Crippen molar-refractivity contribution in [2.24, 2.45) is 7.05 Å². The van der Waals surface area contributed by atoms with Crippen LogP contribution in [0.1, 0.15) is 11.1 Å². The van der Waals surface area contributed by atoms with Crippen molar-refractivity contribution < 1.29 is 0 Å². The van der Waals surface area contributed by atoms with Crippen LogP contribution in [0.25, 0.3) is 11.2 Å². The third-order valence-electron chi connectivity index (χ3n) is 4.50. The summed E-state index contributed by atoms with van der Waals surface area (Å²) in [6.07, 6.45) is 1.78. The lowest BCUT2D eigenvalue weighted by Crippen LogP contribution is -2.24. The van der Waals surface area contributed by atoms with Crippen molar-refractivity contribution in [1.82, 2.24) is 19.5 Å². The van der Waals surface area contributed by atoms with E-state index < -0.39 is 0 Å². The van der Waals surface area contributed by atoms with E-state index in [1.165, 1.54) is 11.1 Å². The summed E-state index contributed by atoms with van der Waals surface area (Å²) in [4.78, 5) is 16.1. The quantitative estimate of drug-likeness (QED) is 0.570. The van der Waals surface area contributed by atoms with Gasteiger partial charge in [0, 0.05) is 27.2 Å². The molecule has 1 N–H and O–H groups in total. The molecular formula is C21H22N6. The zero-order valence-corrected chi connectivity index (χ0v) is 15.5. The van der Waals surface area contributed by atoms with Crippen molar-refractivity contribution in [2.45, 2.75) is 13.1 Å². The number of anilines is 2. The van der Waals surface area contributed by atoms with Crippen LogP contribution in [0.4, 0.5) is 11.8 Å². The maximum Gasteiger partial charge on any atom is 0.226 e. The summed E-state index contributed by atoms with van der Waals surface area (Å²) in [5.74, 6) is 1.42. The minimum Gasteiger partial charge on any atom is -0.357 e. The van der Waals surface area contributed by atoms with E-state index in [0.717, 1.165) is 30.1 Å². The molecule has 0 aliphatic carbocycles. The number of nitrogens with zero attached hydrogens (tertiary/aromatic N) is 5. The van der Waals surface area contributed by atoms with Gasteiger partial charge in [0.1, 0.15) is 0 Å². The zero-order valence-electron chi connectivity index (χ0n) is 15.5. The molecule has 0 aliphatic rings. The second kappa shape index (κ2) is 7.45. The maximum atomic E-state index is 4.75. The third kappa shape index (κ3) is 3.60. The summed E-state index contributed by atoms with van der Waals surface area (Å²) < 4.78 is 1.92. The van der Waals surface area contributed by atoms with E-state index in [1.807, 2.05) is 30.8 Å². The van der Waals surface area contributed by atoms with Crippen molar-refractivity contribution in [3.8, 4) is 0 Å². The average Bonchev–Trinajstić information content (AvgIpc) is 3.09. The van der Waals surface area contributed by atoms with E-state index >= 15 is 0 Å². The van der Waals surface area contributed by atoms with Crippen LogP contribution in [-0.2, 0) is 20.1 Å². The monoisotopic (exact) mass is 358 g/mol. The van der Waals surface area contributed by atoms with Gasteiger partial charge in [0.2, 0.25) is 5.95 Å². The van der Waals surface area contributed by atoms with Crippen molar-refractivity contribution in [1.29, 1.82) is 0 Å². The van der Waals surface area contributed by atoms with Crippen LogP contribution < -0.4 is 10.2 Å². The molecule has 0 fully saturated rings. The third-order valence-corrected chi connectivity index (χ3v) is 4.50. The summed E-state index contributed by atoms with van der Waals surface area (Å²) in [7, 11) is 3.78. The molecule has 0 saturated heterocycles. The van der Waals surface area contributed by atoms with Crippen molar-refractivity contribution in [3.63, 3.8) is 0 Å². The Bertz CT molecular complexity index is 985. The van der Waals surface area contributed by atoms with Gasteiger partial charge in [0.25, 0.3) is 0 Å². The fourth-order valence-corrected chi connectivity index (χ4v) is 3.14. The molecule has 0 amide bonds. The van der Waals surface area contributed by atoms with E-state index in [1.54, 1.807) is 6.33 Å². The first-order chi connectivity index (χ1) is 13.2. The molecule has 136 valence electrons. The second-order valence-electron chi connectivity index (χ2n) is 6.48. The van der Waals surface area contributed by atoms with E-state index in [0.29, 0.717) is 5.95 Å². The van der Waals surface area contributed by atoms with Crippen LogP contribution in [-0.4, -0.2) is 26.6 Å². The Morgan fingerprint density at radius 1 is 0.889 bits per heavy atom. The molecule has 4 rings (SSSR count). The van der Waals surface area contributed by atoms with Crippen LogP contribution in [0, 0.1) is 0 Å². The molecule has 4 aromatic rings. The van der Waals surface area contributed by atoms with Crippen LogP contribution >= 0.6 is 0 Å². The van der Waals surface area contributed by atoms with Gasteiger partial charge in [-0.25, -0.2) is 4.98 Å².